The summed E-state index contributed by atoms with van der Waals surface area (Å²) in [5.41, 5.74) is -0.448. The van der Waals surface area contributed by atoms with Crippen LogP contribution in [0.2, 0.25) is 0 Å². The number of rotatable bonds is 3. The van der Waals surface area contributed by atoms with Crippen molar-refractivity contribution in [2.45, 2.75) is 51.7 Å². The predicted molar refractivity (Wildman–Crippen MR) is 86.9 cm³/mol. The molecule has 1 aliphatic rings. The fraction of sp³-hybridized carbons (Fsp3) is 0.688. The van der Waals surface area contributed by atoms with Crippen LogP contribution in [0.5, 0.6) is 0 Å². The minimum absolute atomic E-state index is 0.153. The second kappa shape index (κ2) is 6.79. The van der Waals surface area contributed by atoms with Gasteiger partial charge in [0.15, 0.2) is 0 Å². The fourth-order valence-electron chi connectivity index (χ4n) is 2.76. The SMILES string of the molecule is CCN1CC(NC(=O)OC(C)(C)C)CC(c2cccs2)C1. The number of alkyl carbamates (subject to hydrolysis) is 1. The first-order chi connectivity index (χ1) is 9.87. The van der Waals surface area contributed by atoms with E-state index in [2.05, 4.69) is 34.7 Å². The summed E-state index contributed by atoms with van der Waals surface area (Å²) in [5, 5.41) is 5.15. The molecule has 1 fully saturated rings. The maximum absolute atomic E-state index is 12.0. The molecule has 1 aliphatic heterocycles. The minimum Gasteiger partial charge on any atom is -0.444 e. The van der Waals surface area contributed by atoms with Gasteiger partial charge < -0.3 is 15.0 Å². The van der Waals surface area contributed by atoms with Gasteiger partial charge in [-0.3, -0.25) is 0 Å². The van der Waals surface area contributed by atoms with E-state index in [0.717, 1.165) is 26.1 Å². The van der Waals surface area contributed by atoms with Crippen molar-refractivity contribution < 1.29 is 9.53 Å². The van der Waals surface area contributed by atoms with Gasteiger partial charge in [0.05, 0.1) is 0 Å². The van der Waals surface area contributed by atoms with E-state index in [-0.39, 0.29) is 12.1 Å². The highest BCUT2D eigenvalue weighted by Gasteiger charge is 2.30. The van der Waals surface area contributed by atoms with E-state index >= 15 is 0 Å². The highest BCUT2D eigenvalue weighted by Crippen LogP contribution is 2.30. The summed E-state index contributed by atoms with van der Waals surface area (Å²) in [7, 11) is 0. The van der Waals surface area contributed by atoms with Crippen LogP contribution >= 0.6 is 11.3 Å². The summed E-state index contributed by atoms with van der Waals surface area (Å²) in [5.74, 6) is 0.499. The largest absolute Gasteiger partial charge is 0.444 e. The first-order valence-electron chi connectivity index (χ1n) is 7.62. The fourth-order valence-corrected chi connectivity index (χ4v) is 3.59. The van der Waals surface area contributed by atoms with Crippen LogP contribution in [0.3, 0.4) is 0 Å². The molecule has 1 amide bonds. The second-order valence-corrected chi connectivity index (χ2v) is 7.62. The van der Waals surface area contributed by atoms with Crippen LogP contribution in [0.4, 0.5) is 4.79 Å². The number of amides is 1. The average molecular weight is 310 g/mol. The summed E-state index contributed by atoms with van der Waals surface area (Å²) >= 11 is 1.80. The third-order valence-electron chi connectivity index (χ3n) is 3.64. The molecule has 1 aromatic rings. The number of nitrogens with zero attached hydrogens (tertiary/aromatic N) is 1. The molecule has 1 saturated heterocycles. The lowest BCUT2D eigenvalue weighted by atomic mass is 9.93. The van der Waals surface area contributed by atoms with Crippen molar-refractivity contribution in [2.75, 3.05) is 19.6 Å². The lowest BCUT2D eigenvalue weighted by Crippen LogP contribution is -2.50. The van der Waals surface area contributed by atoms with Gasteiger partial charge in [0.25, 0.3) is 0 Å². The molecular formula is C16H26N2O2S. The topological polar surface area (TPSA) is 41.6 Å². The van der Waals surface area contributed by atoms with E-state index in [1.165, 1.54) is 4.88 Å². The lowest BCUT2D eigenvalue weighted by Gasteiger charge is -2.37. The molecule has 0 saturated carbocycles. The lowest BCUT2D eigenvalue weighted by molar-refractivity contribution is 0.0467. The van der Waals surface area contributed by atoms with Gasteiger partial charge in [-0.15, -0.1) is 11.3 Å². The summed E-state index contributed by atoms with van der Waals surface area (Å²) < 4.78 is 5.37. The van der Waals surface area contributed by atoms with E-state index in [1.54, 1.807) is 11.3 Å². The van der Waals surface area contributed by atoms with E-state index in [1.807, 2.05) is 20.8 Å². The maximum Gasteiger partial charge on any atom is 0.407 e. The van der Waals surface area contributed by atoms with Crippen LogP contribution in [0.15, 0.2) is 17.5 Å². The van der Waals surface area contributed by atoms with Crippen molar-refractivity contribution >= 4 is 17.4 Å². The van der Waals surface area contributed by atoms with Crippen LogP contribution in [0.1, 0.15) is 44.9 Å². The number of ether oxygens (including phenoxy) is 1. The molecule has 0 aromatic carbocycles. The van der Waals surface area contributed by atoms with Crippen LogP contribution in [0.25, 0.3) is 0 Å². The Morgan fingerprint density at radius 1 is 1.48 bits per heavy atom. The second-order valence-electron chi connectivity index (χ2n) is 6.64. The monoisotopic (exact) mass is 310 g/mol. The van der Waals surface area contributed by atoms with Crippen molar-refractivity contribution in [3.8, 4) is 0 Å². The zero-order chi connectivity index (χ0) is 15.5. The van der Waals surface area contributed by atoms with Crippen LogP contribution in [0, 0.1) is 0 Å². The van der Waals surface area contributed by atoms with Crippen molar-refractivity contribution in [2.24, 2.45) is 0 Å². The number of thiophene rings is 1. The van der Waals surface area contributed by atoms with E-state index in [0.29, 0.717) is 5.92 Å². The molecule has 2 atom stereocenters. The summed E-state index contributed by atoms with van der Waals surface area (Å²) in [6, 6.07) is 4.45. The van der Waals surface area contributed by atoms with Gasteiger partial charge in [-0.05, 0) is 45.2 Å². The molecule has 5 heteroatoms. The Kier molecular flexibility index (Phi) is 5.27. The van der Waals surface area contributed by atoms with Gasteiger partial charge in [0, 0.05) is 29.9 Å². The number of piperidine rings is 1. The molecule has 2 unspecified atom stereocenters. The van der Waals surface area contributed by atoms with Crippen LogP contribution in [-0.2, 0) is 4.74 Å². The van der Waals surface area contributed by atoms with Gasteiger partial charge in [-0.25, -0.2) is 4.79 Å². The molecule has 118 valence electrons. The molecule has 2 heterocycles. The quantitative estimate of drug-likeness (QED) is 0.929. The third-order valence-corrected chi connectivity index (χ3v) is 4.67. The highest BCUT2D eigenvalue weighted by molar-refractivity contribution is 7.10. The average Bonchev–Trinajstić information content (AvgIpc) is 2.89. The van der Waals surface area contributed by atoms with Crippen LogP contribution < -0.4 is 5.32 Å². The molecule has 0 spiro atoms. The molecule has 0 aliphatic carbocycles. The van der Waals surface area contributed by atoms with E-state index < -0.39 is 5.60 Å². The van der Waals surface area contributed by atoms with Gasteiger partial charge in [0.2, 0.25) is 0 Å². The number of likely N-dealkylation sites (tertiary alicyclic amines) is 1. The number of carbonyl (C=O) groups excluding carboxylic acids is 1. The predicted octanol–water partition coefficient (Wildman–Crippen LogP) is 3.45. The van der Waals surface area contributed by atoms with Crippen LogP contribution in [-0.4, -0.2) is 42.3 Å². The normalized spacial score (nSPS) is 23.8. The summed E-state index contributed by atoms with van der Waals surface area (Å²) in [6.45, 7) is 10.8. The first kappa shape index (κ1) is 16.3. The summed E-state index contributed by atoms with van der Waals surface area (Å²) in [4.78, 5) is 15.8. The summed E-state index contributed by atoms with van der Waals surface area (Å²) in [6.07, 6.45) is 0.673. The van der Waals surface area contributed by atoms with Crippen molar-refractivity contribution in [1.82, 2.24) is 10.2 Å². The Balaban J connectivity index is 1.97. The Morgan fingerprint density at radius 2 is 2.24 bits per heavy atom. The zero-order valence-corrected chi connectivity index (χ0v) is 14.2. The van der Waals surface area contributed by atoms with Crippen molar-refractivity contribution in [3.05, 3.63) is 22.4 Å². The smallest absolute Gasteiger partial charge is 0.407 e. The van der Waals surface area contributed by atoms with E-state index in [4.69, 9.17) is 4.74 Å². The third kappa shape index (κ3) is 5.00. The first-order valence-corrected chi connectivity index (χ1v) is 8.50. The van der Waals surface area contributed by atoms with Gasteiger partial charge in [0.1, 0.15) is 5.60 Å². The number of carbonyl (C=O) groups is 1. The Morgan fingerprint density at radius 3 is 2.81 bits per heavy atom. The molecule has 21 heavy (non-hydrogen) atoms. The van der Waals surface area contributed by atoms with Gasteiger partial charge >= 0.3 is 6.09 Å². The maximum atomic E-state index is 12.0. The molecular weight excluding hydrogens is 284 g/mol. The van der Waals surface area contributed by atoms with Crippen molar-refractivity contribution in [3.63, 3.8) is 0 Å². The molecule has 0 radical (unpaired) electrons. The number of hydrogen-bond donors (Lipinski definition) is 1. The zero-order valence-electron chi connectivity index (χ0n) is 13.4. The Hall–Kier alpha value is -1.07. The molecule has 2 rings (SSSR count). The van der Waals surface area contributed by atoms with Gasteiger partial charge in [-0.2, -0.15) is 0 Å². The number of likely N-dealkylation sites (N-methyl/N-ethyl adjacent to an activating group) is 1. The number of hydrogen-bond acceptors (Lipinski definition) is 4. The van der Waals surface area contributed by atoms with Gasteiger partial charge in [-0.1, -0.05) is 13.0 Å². The molecule has 0 bridgehead atoms. The molecule has 4 nitrogen and oxygen atoms in total. The Labute approximate surface area is 131 Å². The molecule has 1 N–H and O–H groups in total. The minimum atomic E-state index is -0.448. The Bertz CT molecular complexity index is 453. The van der Waals surface area contributed by atoms with E-state index in [9.17, 15) is 4.79 Å². The standard InChI is InChI=1S/C16H26N2O2S/c1-5-18-10-12(14-7-6-8-21-14)9-13(11-18)17-15(19)20-16(2,3)4/h6-8,12-13H,5,9-11H2,1-4H3,(H,17,19). The highest BCUT2D eigenvalue weighted by atomic mass is 32.1. The number of nitrogens with one attached hydrogen (secondary N) is 1. The molecule has 1 aromatic heterocycles. The van der Waals surface area contributed by atoms with Crippen molar-refractivity contribution in [1.29, 1.82) is 0 Å².